The van der Waals surface area contributed by atoms with Crippen LogP contribution in [0.3, 0.4) is 0 Å². The zero-order valence-corrected chi connectivity index (χ0v) is 15.4. The van der Waals surface area contributed by atoms with E-state index in [0.29, 0.717) is 0 Å². The molecule has 0 unspecified atom stereocenters. The largest absolute Gasteiger partial charge is 0.398 e. The van der Waals surface area contributed by atoms with Gasteiger partial charge in [0.15, 0.2) is 0 Å². The van der Waals surface area contributed by atoms with Crippen LogP contribution in [0.5, 0.6) is 0 Å². The zero-order valence-electron chi connectivity index (χ0n) is 12.2. The van der Waals surface area contributed by atoms with Crippen molar-refractivity contribution in [3.05, 3.63) is 55.5 Å². The summed E-state index contributed by atoms with van der Waals surface area (Å²) in [7, 11) is 0. The molecule has 0 heterocycles. The molecule has 0 bridgehead atoms. The number of rotatable bonds is 0. The van der Waals surface area contributed by atoms with E-state index < -0.39 is 0 Å². The normalized spacial score (nSPS) is 9.90. The van der Waals surface area contributed by atoms with Crippen LogP contribution in [-0.4, -0.2) is 0 Å². The first kappa shape index (κ1) is 17.1. The zero-order chi connectivity index (χ0) is 15.4. The number of nitrogen functional groups attached to an aromatic ring is 2. The summed E-state index contributed by atoms with van der Waals surface area (Å²) < 4.78 is 2.19. The third-order valence-corrected chi connectivity index (χ3v) is 4.03. The highest BCUT2D eigenvalue weighted by Crippen LogP contribution is 2.22. The monoisotopic (exact) mass is 398 g/mol. The van der Waals surface area contributed by atoms with Crippen LogP contribution in [0.15, 0.2) is 33.2 Å². The number of benzene rings is 2. The maximum absolute atomic E-state index is 5.73. The molecule has 4 heteroatoms. The Kier molecular flexibility index (Phi) is 6.08. The molecule has 0 radical (unpaired) electrons. The van der Waals surface area contributed by atoms with Gasteiger partial charge in [-0.2, -0.15) is 0 Å². The first-order valence-corrected chi connectivity index (χ1v) is 7.85. The molecule has 0 aliphatic heterocycles. The van der Waals surface area contributed by atoms with Gasteiger partial charge in [-0.3, -0.25) is 0 Å². The van der Waals surface area contributed by atoms with Gasteiger partial charge in [-0.25, -0.2) is 0 Å². The fraction of sp³-hybridized carbons (Fsp3) is 0.250. The molecule has 108 valence electrons. The third-order valence-electron chi connectivity index (χ3n) is 3.12. The second kappa shape index (κ2) is 7.14. The predicted molar refractivity (Wildman–Crippen MR) is 96.1 cm³/mol. The van der Waals surface area contributed by atoms with E-state index in [-0.39, 0.29) is 0 Å². The highest BCUT2D eigenvalue weighted by atomic mass is 79.9. The number of aryl methyl sites for hydroxylation is 4. The number of hydrogen-bond acceptors (Lipinski definition) is 2. The van der Waals surface area contributed by atoms with E-state index >= 15 is 0 Å². The van der Waals surface area contributed by atoms with E-state index in [1.807, 2.05) is 52.0 Å². The Bertz CT molecular complexity index is 520. The van der Waals surface area contributed by atoms with Gasteiger partial charge in [0.1, 0.15) is 0 Å². The Morgan fingerprint density at radius 2 is 0.800 bits per heavy atom. The van der Waals surface area contributed by atoms with Gasteiger partial charge in [0.2, 0.25) is 0 Å². The van der Waals surface area contributed by atoms with Crippen LogP contribution < -0.4 is 11.5 Å². The molecule has 20 heavy (non-hydrogen) atoms. The second-order valence-corrected chi connectivity index (χ2v) is 6.74. The molecule has 2 nitrogen and oxygen atoms in total. The van der Waals surface area contributed by atoms with Gasteiger partial charge >= 0.3 is 0 Å². The van der Waals surface area contributed by atoms with Crippen molar-refractivity contribution in [3.63, 3.8) is 0 Å². The third kappa shape index (κ3) is 4.53. The fourth-order valence-electron chi connectivity index (χ4n) is 1.84. The summed E-state index contributed by atoms with van der Waals surface area (Å²) in [6, 6.07) is 8.06. The molecule has 2 aromatic rings. The molecule has 0 spiro atoms. The van der Waals surface area contributed by atoms with Crippen molar-refractivity contribution < 1.29 is 0 Å². The van der Waals surface area contributed by atoms with E-state index in [9.17, 15) is 0 Å². The summed E-state index contributed by atoms with van der Waals surface area (Å²) in [5.74, 6) is 0. The Balaban J connectivity index is 0.000000200. The van der Waals surface area contributed by atoms with Gasteiger partial charge in [0.05, 0.1) is 0 Å². The van der Waals surface area contributed by atoms with Crippen LogP contribution in [-0.2, 0) is 0 Å². The molecule has 0 saturated carbocycles. The molecular weight excluding hydrogens is 380 g/mol. The van der Waals surface area contributed by atoms with Crippen molar-refractivity contribution in [2.45, 2.75) is 27.7 Å². The molecular formula is C16H20Br2N2. The van der Waals surface area contributed by atoms with Crippen LogP contribution >= 0.6 is 31.9 Å². The Labute approximate surface area is 137 Å². The Morgan fingerprint density at radius 3 is 1.00 bits per heavy atom. The van der Waals surface area contributed by atoms with Crippen LogP contribution in [0.25, 0.3) is 0 Å². The number of hydrogen-bond donors (Lipinski definition) is 2. The van der Waals surface area contributed by atoms with Gasteiger partial charge in [-0.15, -0.1) is 0 Å². The summed E-state index contributed by atoms with van der Waals surface area (Å²) in [4.78, 5) is 0. The van der Waals surface area contributed by atoms with Crippen LogP contribution in [0.2, 0.25) is 0 Å². The van der Waals surface area contributed by atoms with Crippen LogP contribution in [0.1, 0.15) is 22.3 Å². The minimum atomic E-state index is 0.892. The average Bonchev–Trinajstić information content (AvgIpc) is 2.33. The van der Waals surface area contributed by atoms with E-state index in [1.165, 1.54) is 0 Å². The van der Waals surface area contributed by atoms with Crippen LogP contribution in [0, 0.1) is 27.7 Å². The molecule has 0 aromatic heterocycles. The number of halogens is 2. The molecule has 2 aromatic carbocycles. The second-order valence-electron chi connectivity index (χ2n) is 4.91. The molecule has 4 N–H and O–H groups in total. The molecule has 0 saturated heterocycles. The van der Waals surface area contributed by atoms with Crippen LogP contribution in [0.4, 0.5) is 11.4 Å². The maximum Gasteiger partial charge on any atom is 0.0374 e. The van der Waals surface area contributed by atoms with Gasteiger partial charge in [0.25, 0.3) is 0 Å². The molecule has 2 rings (SSSR count). The van der Waals surface area contributed by atoms with Gasteiger partial charge in [-0.05, 0) is 74.2 Å². The molecule has 0 aliphatic carbocycles. The summed E-state index contributed by atoms with van der Waals surface area (Å²) in [6.07, 6.45) is 0. The molecule has 0 fully saturated rings. The SMILES string of the molecule is Cc1cc(Br)cc(C)c1N.Cc1cc(Br)cc(C)c1N. The lowest BCUT2D eigenvalue weighted by molar-refractivity contribution is 1.37. The smallest absolute Gasteiger partial charge is 0.0374 e. The van der Waals surface area contributed by atoms with E-state index in [1.54, 1.807) is 0 Å². The highest BCUT2D eigenvalue weighted by molar-refractivity contribution is 9.10. The minimum Gasteiger partial charge on any atom is -0.398 e. The van der Waals surface area contributed by atoms with Gasteiger partial charge in [0, 0.05) is 20.3 Å². The standard InChI is InChI=1S/2C8H10BrN/c2*1-5-3-7(9)4-6(2)8(5)10/h2*3-4H,10H2,1-2H3. The molecule has 0 amide bonds. The maximum atomic E-state index is 5.73. The van der Waals surface area contributed by atoms with E-state index in [0.717, 1.165) is 42.6 Å². The van der Waals surface area contributed by atoms with Crippen molar-refractivity contribution in [2.24, 2.45) is 0 Å². The predicted octanol–water partition coefficient (Wildman–Crippen LogP) is 5.30. The van der Waals surface area contributed by atoms with E-state index in [2.05, 4.69) is 31.9 Å². The topological polar surface area (TPSA) is 52.0 Å². The first-order chi connectivity index (χ1) is 9.22. The average molecular weight is 400 g/mol. The summed E-state index contributed by atoms with van der Waals surface area (Å²) in [6.45, 7) is 8.03. The summed E-state index contributed by atoms with van der Waals surface area (Å²) in [5.41, 5.74) is 17.8. The van der Waals surface area contributed by atoms with Gasteiger partial charge < -0.3 is 11.5 Å². The van der Waals surface area contributed by atoms with Crippen molar-refractivity contribution in [3.8, 4) is 0 Å². The van der Waals surface area contributed by atoms with Crippen molar-refractivity contribution in [2.75, 3.05) is 11.5 Å². The molecule has 0 aliphatic rings. The number of anilines is 2. The van der Waals surface area contributed by atoms with Gasteiger partial charge in [-0.1, -0.05) is 31.9 Å². The lowest BCUT2D eigenvalue weighted by atomic mass is 10.1. The van der Waals surface area contributed by atoms with Crippen molar-refractivity contribution >= 4 is 43.2 Å². The minimum absolute atomic E-state index is 0.892. The number of nitrogens with two attached hydrogens (primary N) is 2. The summed E-state index contributed by atoms with van der Waals surface area (Å²) >= 11 is 6.78. The summed E-state index contributed by atoms with van der Waals surface area (Å²) in [5, 5.41) is 0. The Morgan fingerprint density at radius 1 is 0.600 bits per heavy atom. The first-order valence-electron chi connectivity index (χ1n) is 6.26. The molecule has 0 atom stereocenters. The van der Waals surface area contributed by atoms with E-state index in [4.69, 9.17) is 11.5 Å². The Hall–Kier alpha value is -1.00. The fourth-order valence-corrected chi connectivity index (χ4v) is 3.22. The highest BCUT2D eigenvalue weighted by Gasteiger charge is 1.98. The van der Waals surface area contributed by atoms with Crippen molar-refractivity contribution in [1.29, 1.82) is 0 Å². The van der Waals surface area contributed by atoms with Crippen molar-refractivity contribution in [1.82, 2.24) is 0 Å². The lowest BCUT2D eigenvalue weighted by Gasteiger charge is -2.03. The lowest BCUT2D eigenvalue weighted by Crippen LogP contribution is -1.92. The quantitative estimate of drug-likeness (QED) is 0.590.